The average molecular weight is 368 g/mol. The van der Waals surface area contributed by atoms with Crippen LogP contribution in [-0.2, 0) is 0 Å². The molecule has 0 radical (unpaired) electrons. The molecule has 0 amide bonds. The lowest BCUT2D eigenvalue weighted by Crippen LogP contribution is -2.15. The first kappa shape index (κ1) is 17.3. The van der Waals surface area contributed by atoms with E-state index in [1.807, 2.05) is 35.6 Å². The number of allylic oxidation sites excluding steroid dienone is 3. The van der Waals surface area contributed by atoms with Gasteiger partial charge in [-0.3, -0.25) is 0 Å². The van der Waals surface area contributed by atoms with Gasteiger partial charge in [0.25, 0.3) is 0 Å². The molecule has 2 heteroatoms. The van der Waals surface area contributed by atoms with Gasteiger partial charge in [0.05, 0.1) is 5.69 Å². The number of hydrogen-bond donors (Lipinski definition) is 0. The molecule has 27 heavy (non-hydrogen) atoms. The maximum absolute atomic E-state index is 4.04. The minimum Gasteiger partial charge on any atom is -0.310 e. The number of fused-ring (bicyclic) bond motifs is 3. The minimum absolute atomic E-state index is 0.996. The Bertz CT molecular complexity index is 1170. The summed E-state index contributed by atoms with van der Waals surface area (Å²) in [5, 5.41) is 2.58. The zero-order chi connectivity index (χ0) is 18.8. The normalized spacial score (nSPS) is 11.7. The van der Waals surface area contributed by atoms with Gasteiger partial charge in [0.15, 0.2) is 0 Å². The number of benzene rings is 3. The lowest BCUT2D eigenvalue weighted by Gasteiger charge is -2.27. The molecule has 3 aromatic carbocycles. The van der Waals surface area contributed by atoms with Crippen molar-refractivity contribution in [3.63, 3.8) is 0 Å². The monoisotopic (exact) mass is 367 g/mol. The Labute approximate surface area is 164 Å². The maximum atomic E-state index is 4.04. The molecule has 1 nitrogen and oxygen atoms in total. The molecule has 4 rings (SSSR count). The number of thiophene rings is 1. The van der Waals surface area contributed by atoms with E-state index in [9.17, 15) is 0 Å². The van der Waals surface area contributed by atoms with Gasteiger partial charge in [0.2, 0.25) is 0 Å². The van der Waals surface area contributed by atoms with Crippen molar-refractivity contribution in [2.45, 2.75) is 6.92 Å². The number of rotatable bonds is 5. The van der Waals surface area contributed by atoms with Gasteiger partial charge in [-0.2, -0.15) is 0 Å². The first-order valence-electron chi connectivity index (χ1n) is 8.95. The largest absolute Gasteiger partial charge is 0.310 e. The molecular weight excluding hydrogens is 346 g/mol. The highest BCUT2D eigenvalue weighted by Gasteiger charge is 2.18. The van der Waals surface area contributed by atoms with Crippen LogP contribution in [-0.4, -0.2) is 0 Å². The fraction of sp³-hybridized carbons (Fsp3) is 0.0400. The third-order valence-electron chi connectivity index (χ3n) is 4.64. The van der Waals surface area contributed by atoms with Crippen LogP contribution in [0, 0.1) is 6.92 Å². The SMILES string of the molecule is C=C/C=C(\C=C)N(c1ccccc1)c1cccc2sc3ccc(C)cc3c12. The van der Waals surface area contributed by atoms with Crippen LogP contribution in [0.2, 0.25) is 0 Å². The zero-order valence-electron chi connectivity index (χ0n) is 15.4. The van der Waals surface area contributed by atoms with Crippen LogP contribution in [0.15, 0.2) is 104 Å². The summed E-state index contributed by atoms with van der Waals surface area (Å²) in [6, 6.07) is 23.6. The summed E-state index contributed by atoms with van der Waals surface area (Å²) in [4.78, 5) is 2.26. The highest BCUT2D eigenvalue weighted by atomic mass is 32.1. The highest BCUT2D eigenvalue weighted by Crippen LogP contribution is 2.43. The summed E-state index contributed by atoms with van der Waals surface area (Å²) in [6.45, 7) is 10.1. The lowest BCUT2D eigenvalue weighted by molar-refractivity contribution is 1.22. The summed E-state index contributed by atoms with van der Waals surface area (Å²) in [5.41, 5.74) is 4.53. The molecule has 1 aromatic heterocycles. The lowest BCUT2D eigenvalue weighted by atomic mass is 10.1. The number of nitrogens with zero attached hydrogens (tertiary/aromatic N) is 1. The third-order valence-corrected chi connectivity index (χ3v) is 5.78. The van der Waals surface area contributed by atoms with Crippen LogP contribution in [0.4, 0.5) is 11.4 Å². The first-order valence-corrected chi connectivity index (χ1v) is 9.77. The van der Waals surface area contributed by atoms with Crippen molar-refractivity contribution >= 4 is 42.9 Å². The third kappa shape index (κ3) is 3.09. The van der Waals surface area contributed by atoms with E-state index in [0.29, 0.717) is 0 Å². The van der Waals surface area contributed by atoms with E-state index in [-0.39, 0.29) is 0 Å². The molecule has 0 saturated heterocycles. The molecule has 0 fully saturated rings. The zero-order valence-corrected chi connectivity index (χ0v) is 16.2. The van der Waals surface area contributed by atoms with Crippen molar-refractivity contribution in [1.82, 2.24) is 0 Å². The molecule has 0 atom stereocenters. The Hall–Kier alpha value is -3.10. The predicted octanol–water partition coefficient (Wildman–Crippen LogP) is 7.76. The Morgan fingerprint density at radius 3 is 2.48 bits per heavy atom. The van der Waals surface area contributed by atoms with E-state index in [2.05, 4.69) is 85.6 Å². The van der Waals surface area contributed by atoms with Gasteiger partial charge >= 0.3 is 0 Å². The number of hydrogen-bond acceptors (Lipinski definition) is 2. The molecule has 132 valence electrons. The van der Waals surface area contributed by atoms with Gasteiger partial charge in [0.1, 0.15) is 0 Å². The molecule has 0 saturated carbocycles. The molecule has 0 unspecified atom stereocenters. The molecule has 0 aliphatic carbocycles. The molecule has 4 aromatic rings. The molecular formula is C25H21NS. The second kappa shape index (κ2) is 7.26. The summed E-state index contributed by atoms with van der Waals surface area (Å²) < 4.78 is 2.60. The molecule has 0 bridgehead atoms. The summed E-state index contributed by atoms with van der Waals surface area (Å²) >= 11 is 1.84. The standard InChI is InChI=1S/C25H21NS/c1-4-10-19(5-2)26(20-11-7-6-8-12-20)22-13-9-14-24-25(22)21-17-18(3)15-16-23(21)27-24/h4-17H,1-2H2,3H3/b19-10+. The predicted molar refractivity (Wildman–Crippen MR) is 121 cm³/mol. The van der Waals surface area contributed by atoms with Crippen molar-refractivity contribution in [2.75, 3.05) is 4.90 Å². The van der Waals surface area contributed by atoms with Crippen LogP contribution < -0.4 is 4.90 Å². The summed E-state index contributed by atoms with van der Waals surface area (Å²) in [6.07, 6.45) is 5.69. The Kier molecular flexibility index (Phi) is 4.66. The quantitative estimate of drug-likeness (QED) is 0.326. The van der Waals surface area contributed by atoms with Crippen molar-refractivity contribution in [2.24, 2.45) is 0 Å². The second-order valence-electron chi connectivity index (χ2n) is 6.45. The van der Waals surface area contributed by atoms with Gasteiger partial charge in [-0.05, 0) is 55.5 Å². The highest BCUT2D eigenvalue weighted by molar-refractivity contribution is 7.26. The van der Waals surface area contributed by atoms with Crippen molar-refractivity contribution in [1.29, 1.82) is 0 Å². The number of anilines is 2. The molecule has 0 N–H and O–H groups in total. The van der Waals surface area contributed by atoms with E-state index in [1.165, 1.54) is 25.7 Å². The minimum atomic E-state index is 0.996. The van der Waals surface area contributed by atoms with Crippen LogP contribution in [0.25, 0.3) is 20.2 Å². The van der Waals surface area contributed by atoms with E-state index < -0.39 is 0 Å². The molecule has 0 aliphatic rings. The summed E-state index contributed by atoms with van der Waals surface area (Å²) in [5.74, 6) is 0. The van der Waals surface area contributed by atoms with E-state index in [0.717, 1.165) is 17.1 Å². The smallest absolute Gasteiger partial charge is 0.0554 e. The average Bonchev–Trinajstić information content (AvgIpc) is 3.07. The van der Waals surface area contributed by atoms with Crippen LogP contribution in [0.5, 0.6) is 0 Å². The fourth-order valence-corrected chi connectivity index (χ4v) is 4.57. The maximum Gasteiger partial charge on any atom is 0.0554 e. The second-order valence-corrected chi connectivity index (χ2v) is 7.54. The van der Waals surface area contributed by atoms with Gasteiger partial charge < -0.3 is 4.90 Å². The van der Waals surface area contributed by atoms with Gasteiger partial charge in [-0.15, -0.1) is 11.3 Å². The first-order chi connectivity index (χ1) is 13.2. The molecule has 0 aliphatic heterocycles. The fourth-order valence-electron chi connectivity index (χ4n) is 3.47. The van der Waals surface area contributed by atoms with E-state index >= 15 is 0 Å². The van der Waals surface area contributed by atoms with Crippen molar-refractivity contribution in [3.05, 3.63) is 109 Å². The van der Waals surface area contributed by atoms with Gasteiger partial charge in [-0.1, -0.05) is 55.1 Å². The van der Waals surface area contributed by atoms with E-state index in [1.54, 1.807) is 0 Å². The van der Waals surface area contributed by atoms with Gasteiger partial charge in [-0.25, -0.2) is 0 Å². The Morgan fingerprint density at radius 1 is 0.926 bits per heavy atom. The van der Waals surface area contributed by atoms with E-state index in [4.69, 9.17) is 0 Å². The van der Waals surface area contributed by atoms with Crippen molar-refractivity contribution in [3.8, 4) is 0 Å². The molecule has 0 spiro atoms. The Balaban J connectivity index is 2.08. The van der Waals surface area contributed by atoms with Crippen LogP contribution in [0.1, 0.15) is 5.56 Å². The molecule has 1 heterocycles. The van der Waals surface area contributed by atoms with Crippen molar-refractivity contribution < 1.29 is 0 Å². The summed E-state index contributed by atoms with van der Waals surface area (Å²) in [7, 11) is 0. The van der Waals surface area contributed by atoms with Gasteiger partial charge in [0, 0.05) is 31.6 Å². The topological polar surface area (TPSA) is 3.24 Å². The Morgan fingerprint density at radius 2 is 1.74 bits per heavy atom. The van der Waals surface area contributed by atoms with Crippen LogP contribution >= 0.6 is 11.3 Å². The van der Waals surface area contributed by atoms with Crippen LogP contribution in [0.3, 0.4) is 0 Å². The number of para-hydroxylation sites is 1. The number of aryl methyl sites for hydroxylation is 1.